The SMILES string of the molecule is CC1(C)CCC(O)(C(O)C(=O)O)C1. The predicted octanol–water partition coefficient (Wildman–Crippen LogP) is 0.373. The zero-order valence-corrected chi connectivity index (χ0v) is 7.95. The maximum absolute atomic E-state index is 10.5. The fourth-order valence-corrected chi connectivity index (χ4v) is 2.02. The molecule has 0 spiro atoms. The lowest BCUT2D eigenvalue weighted by atomic mass is 9.87. The Hall–Kier alpha value is -0.610. The number of carboxylic acid groups (broad SMARTS) is 1. The van der Waals surface area contributed by atoms with Gasteiger partial charge in [-0.2, -0.15) is 0 Å². The summed E-state index contributed by atoms with van der Waals surface area (Å²) in [5, 5.41) is 27.7. The van der Waals surface area contributed by atoms with Gasteiger partial charge in [0.1, 0.15) is 5.60 Å². The zero-order chi connectivity index (χ0) is 10.3. The number of carbonyl (C=O) groups is 1. The first-order chi connectivity index (χ1) is 5.77. The largest absolute Gasteiger partial charge is 0.479 e. The Balaban J connectivity index is 2.75. The van der Waals surface area contributed by atoms with Crippen molar-refractivity contribution in [1.82, 2.24) is 0 Å². The van der Waals surface area contributed by atoms with E-state index in [1.165, 1.54) is 0 Å². The average Bonchev–Trinajstić information content (AvgIpc) is 2.25. The molecule has 4 nitrogen and oxygen atoms in total. The molecule has 1 rings (SSSR count). The van der Waals surface area contributed by atoms with Crippen LogP contribution in [-0.4, -0.2) is 33.0 Å². The van der Waals surface area contributed by atoms with Crippen molar-refractivity contribution in [2.45, 2.75) is 44.8 Å². The van der Waals surface area contributed by atoms with Crippen molar-refractivity contribution in [1.29, 1.82) is 0 Å². The van der Waals surface area contributed by atoms with Crippen molar-refractivity contribution in [2.75, 3.05) is 0 Å². The van der Waals surface area contributed by atoms with Crippen molar-refractivity contribution in [3.63, 3.8) is 0 Å². The number of aliphatic hydroxyl groups is 2. The lowest BCUT2D eigenvalue weighted by Gasteiger charge is -2.27. The molecule has 0 bridgehead atoms. The third-order valence-corrected chi connectivity index (χ3v) is 2.76. The highest BCUT2D eigenvalue weighted by molar-refractivity contribution is 5.73. The van der Waals surface area contributed by atoms with Crippen LogP contribution in [-0.2, 0) is 4.79 Å². The van der Waals surface area contributed by atoms with E-state index in [0.717, 1.165) is 6.42 Å². The topological polar surface area (TPSA) is 77.8 Å². The first kappa shape index (κ1) is 10.5. The van der Waals surface area contributed by atoms with Gasteiger partial charge in [-0.15, -0.1) is 0 Å². The molecule has 1 aliphatic carbocycles. The summed E-state index contributed by atoms with van der Waals surface area (Å²) >= 11 is 0. The highest BCUT2D eigenvalue weighted by atomic mass is 16.4. The molecule has 0 aliphatic heterocycles. The summed E-state index contributed by atoms with van der Waals surface area (Å²) in [7, 11) is 0. The van der Waals surface area contributed by atoms with E-state index in [4.69, 9.17) is 5.11 Å². The fraction of sp³-hybridized carbons (Fsp3) is 0.889. The second kappa shape index (κ2) is 2.96. The normalized spacial score (nSPS) is 34.5. The fourth-order valence-electron chi connectivity index (χ4n) is 2.02. The van der Waals surface area contributed by atoms with Crippen LogP contribution in [0.2, 0.25) is 0 Å². The maximum Gasteiger partial charge on any atom is 0.335 e. The van der Waals surface area contributed by atoms with Gasteiger partial charge >= 0.3 is 5.97 Å². The van der Waals surface area contributed by atoms with Crippen molar-refractivity contribution < 1.29 is 20.1 Å². The van der Waals surface area contributed by atoms with E-state index in [2.05, 4.69) is 0 Å². The van der Waals surface area contributed by atoms with Crippen molar-refractivity contribution in [2.24, 2.45) is 5.41 Å². The van der Waals surface area contributed by atoms with Crippen LogP contribution in [0.4, 0.5) is 0 Å². The highest BCUT2D eigenvalue weighted by Gasteiger charge is 2.49. The number of hydrogen-bond donors (Lipinski definition) is 3. The Bertz CT molecular complexity index is 224. The third kappa shape index (κ3) is 2.00. The molecule has 0 heterocycles. The molecule has 0 aromatic carbocycles. The van der Waals surface area contributed by atoms with E-state index in [9.17, 15) is 15.0 Å². The minimum Gasteiger partial charge on any atom is -0.479 e. The Morgan fingerprint density at radius 2 is 1.92 bits per heavy atom. The molecule has 2 atom stereocenters. The molecule has 76 valence electrons. The number of aliphatic hydroxyl groups excluding tert-OH is 1. The molecule has 1 saturated carbocycles. The summed E-state index contributed by atoms with van der Waals surface area (Å²) in [6, 6.07) is 0. The molecule has 0 radical (unpaired) electrons. The summed E-state index contributed by atoms with van der Waals surface area (Å²) in [5.74, 6) is -1.35. The van der Waals surface area contributed by atoms with Crippen LogP contribution in [0.1, 0.15) is 33.1 Å². The van der Waals surface area contributed by atoms with Crippen LogP contribution in [0.5, 0.6) is 0 Å². The van der Waals surface area contributed by atoms with E-state index in [0.29, 0.717) is 12.8 Å². The predicted molar refractivity (Wildman–Crippen MR) is 46.2 cm³/mol. The van der Waals surface area contributed by atoms with Gasteiger partial charge in [-0.1, -0.05) is 13.8 Å². The Labute approximate surface area is 77.2 Å². The quantitative estimate of drug-likeness (QED) is 0.585. The van der Waals surface area contributed by atoms with Crippen LogP contribution in [0.3, 0.4) is 0 Å². The zero-order valence-electron chi connectivity index (χ0n) is 7.95. The Morgan fingerprint density at radius 3 is 2.23 bits per heavy atom. The van der Waals surface area contributed by atoms with E-state index >= 15 is 0 Å². The first-order valence-corrected chi connectivity index (χ1v) is 4.40. The maximum atomic E-state index is 10.5. The van der Waals surface area contributed by atoms with Crippen molar-refractivity contribution in [3.8, 4) is 0 Å². The van der Waals surface area contributed by atoms with Crippen LogP contribution >= 0.6 is 0 Å². The lowest BCUT2D eigenvalue weighted by Crippen LogP contribution is -2.45. The smallest absolute Gasteiger partial charge is 0.335 e. The van der Waals surface area contributed by atoms with Crippen LogP contribution in [0, 0.1) is 5.41 Å². The number of rotatable bonds is 2. The van der Waals surface area contributed by atoms with Gasteiger partial charge in [0.15, 0.2) is 6.10 Å². The summed E-state index contributed by atoms with van der Waals surface area (Å²) in [6.07, 6.45) is -0.219. The molecule has 3 N–H and O–H groups in total. The minimum atomic E-state index is -1.66. The van der Waals surface area contributed by atoms with Gasteiger partial charge in [-0.05, 0) is 24.7 Å². The molecule has 1 aliphatic rings. The second-order valence-electron chi connectivity index (χ2n) is 4.69. The molecular weight excluding hydrogens is 172 g/mol. The summed E-state index contributed by atoms with van der Waals surface area (Å²) in [4.78, 5) is 10.5. The summed E-state index contributed by atoms with van der Waals surface area (Å²) in [6.45, 7) is 3.92. The lowest BCUT2D eigenvalue weighted by molar-refractivity contribution is -0.163. The van der Waals surface area contributed by atoms with Crippen LogP contribution in [0.15, 0.2) is 0 Å². The molecule has 1 fully saturated rings. The highest BCUT2D eigenvalue weighted by Crippen LogP contribution is 2.45. The van der Waals surface area contributed by atoms with Gasteiger partial charge < -0.3 is 15.3 Å². The molecular formula is C9H16O4. The third-order valence-electron chi connectivity index (χ3n) is 2.76. The van der Waals surface area contributed by atoms with Crippen LogP contribution < -0.4 is 0 Å². The van der Waals surface area contributed by atoms with Gasteiger partial charge in [-0.3, -0.25) is 0 Å². The molecule has 4 heteroatoms. The molecule has 0 saturated heterocycles. The molecule has 2 unspecified atom stereocenters. The summed E-state index contributed by atoms with van der Waals surface area (Å²) in [5.41, 5.74) is -1.51. The Morgan fingerprint density at radius 1 is 1.38 bits per heavy atom. The van der Waals surface area contributed by atoms with Gasteiger partial charge in [-0.25, -0.2) is 4.79 Å². The minimum absolute atomic E-state index is 0.0782. The number of aliphatic carboxylic acids is 1. The molecule has 13 heavy (non-hydrogen) atoms. The van der Waals surface area contributed by atoms with Gasteiger partial charge in [0.2, 0.25) is 0 Å². The number of hydrogen-bond acceptors (Lipinski definition) is 3. The summed E-state index contributed by atoms with van der Waals surface area (Å²) < 4.78 is 0. The van der Waals surface area contributed by atoms with E-state index in [-0.39, 0.29) is 5.41 Å². The average molecular weight is 188 g/mol. The molecule has 0 aromatic heterocycles. The van der Waals surface area contributed by atoms with Crippen LogP contribution in [0.25, 0.3) is 0 Å². The molecule has 0 aromatic rings. The van der Waals surface area contributed by atoms with E-state index < -0.39 is 17.7 Å². The van der Waals surface area contributed by atoms with E-state index in [1.54, 1.807) is 0 Å². The van der Waals surface area contributed by atoms with Crippen molar-refractivity contribution >= 4 is 5.97 Å². The van der Waals surface area contributed by atoms with Gasteiger partial charge in [0.05, 0.1) is 0 Å². The monoisotopic (exact) mass is 188 g/mol. The van der Waals surface area contributed by atoms with E-state index in [1.807, 2.05) is 13.8 Å². The van der Waals surface area contributed by atoms with Gasteiger partial charge in [0, 0.05) is 0 Å². The van der Waals surface area contributed by atoms with Gasteiger partial charge in [0.25, 0.3) is 0 Å². The molecule has 0 amide bonds. The Kier molecular flexibility index (Phi) is 2.38. The standard InChI is InChI=1S/C9H16O4/c1-8(2)3-4-9(13,5-8)6(10)7(11)12/h6,10,13H,3-5H2,1-2H3,(H,11,12). The van der Waals surface area contributed by atoms with Crippen molar-refractivity contribution in [3.05, 3.63) is 0 Å². The second-order valence-corrected chi connectivity index (χ2v) is 4.69. The number of carboxylic acids is 1. The first-order valence-electron chi connectivity index (χ1n) is 4.40.